The number of ether oxygens (including phenoxy) is 1. The zero-order valence-electron chi connectivity index (χ0n) is 15.5. The average molecular weight is 409 g/mol. The minimum Gasteiger partial charge on any atom is -0.492 e. The van der Waals surface area contributed by atoms with Gasteiger partial charge in [0.2, 0.25) is 0 Å². The monoisotopic (exact) mass is 408 g/mol. The van der Waals surface area contributed by atoms with Crippen LogP contribution in [0.25, 0.3) is 17.0 Å². The van der Waals surface area contributed by atoms with Gasteiger partial charge in [0, 0.05) is 29.2 Å². The van der Waals surface area contributed by atoms with Gasteiger partial charge in [0.25, 0.3) is 5.91 Å². The van der Waals surface area contributed by atoms with Crippen LogP contribution in [-0.2, 0) is 11.3 Å². The van der Waals surface area contributed by atoms with Crippen molar-refractivity contribution < 1.29 is 9.53 Å². The summed E-state index contributed by atoms with van der Waals surface area (Å²) in [5.74, 6) is 0.851. The van der Waals surface area contributed by atoms with Crippen molar-refractivity contribution in [3.05, 3.63) is 71.3 Å². The lowest BCUT2D eigenvalue weighted by molar-refractivity contribution is -0.121. The summed E-state index contributed by atoms with van der Waals surface area (Å²) >= 11 is 6.69. The Morgan fingerprint density at radius 2 is 1.86 bits per heavy atom. The zero-order valence-corrected chi connectivity index (χ0v) is 17.1. The molecule has 4 rings (SSSR count). The molecule has 1 aromatic heterocycles. The molecule has 4 nitrogen and oxygen atoms in total. The number of aromatic nitrogens is 1. The topological polar surface area (TPSA) is 34.5 Å². The van der Waals surface area contributed by atoms with Crippen molar-refractivity contribution in [1.29, 1.82) is 0 Å². The molecule has 28 heavy (non-hydrogen) atoms. The maximum atomic E-state index is 12.5. The molecule has 0 N–H and O–H groups in total. The first-order chi connectivity index (χ1) is 13.7. The molecule has 0 saturated carbocycles. The van der Waals surface area contributed by atoms with Crippen molar-refractivity contribution in [2.24, 2.45) is 0 Å². The minimum absolute atomic E-state index is 0.0123. The molecule has 1 aliphatic rings. The number of hydrogen-bond acceptors (Lipinski definition) is 4. The van der Waals surface area contributed by atoms with Crippen LogP contribution < -0.4 is 4.74 Å². The highest BCUT2D eigenvalue weighted by Gasteiger charge is 2.30. The molecule has 2 heterocycles. The first-order valence-electron chi connectivity index (χ1n) is 9.18. The van der Waals surface area contributed by atoms with E-state index in [0.29, 0.717) is 22.4 Å². The van der Waals surface area contributed by atoms with Crippen molar-refractivity contribution >= 4 is 51.2 Å². The molecule has 1 aliphatic heterocycles. The Hall–Kier alpha value is -2.57. The molecule has 1 fully saturated rings. The Morgan fingerprint density at radius 3 is 2.61 bits per heavy atom. The van der Waals surface area contributed by atoms with E-state index >= 15 is 0 Å². The standard InChI is InChI=1S/C22H20N2O2S2/c1-2-24-21(25)20(28-22(24)27)14-16-15-23(19-11-7-6-10-18(16)19)12-13-26-17-8-4-3-5-9-17/h3-11,14-15H,2,12-13H2,1H3/b20-14-. The predicted molar refractivity (Wildman–Crippen MR) is 119 cm³/mol. The van der Waals surface area contributed by atoms with Crippen molar-refractivity contribution in [2.45, 2.75) is 13.5 Å². The highest BCUT2D eigenvalue weighted by atomic mass is 32.2. The second-order valence-electron chi connectivity index (χ2n) is 6.38. The fraction of sp³-hybridized carbons (Fsp3) is 0.182. The van der Waals surface area contributed by atoms with Crippen molar-refractivity contribution in [3.8, 4) is 5.75 Å². The van der Waals surface area contributed by atoms with Gasteiger partial charge in [0.1, 0.15) is 16.7 Å². The number of rotatable bonds is 6. The van der Waals surface area contributed by atoms with E-state index in [1.54, 1.807) is 4.90 Å². The lowest BCUT2D eigenvalue weighted by Gasteiger charge is -2.09. The third-order valence-corrected chi connectivity index (χ3v) is 6.02. The van der Waals surface area contributed by atoms with Crippen LogP contribution in [0, 0.1) is 0 Å². The smallest absolute Gasteiger partial charge is 0.266 e. The van der Waals surface area contributed by atoms with Crippen molar-refractivity contribution in [2.75, 3.05) is 13.2 Å². The summed E-state index contributed by atoms with van der Waals surface area (Å²) in [7, 11) is 0. The Balaban J connectivity index is 1.59. The lowest BCUT2D eigenvalue weighted by atomic mass is 10.1. The molecular formula is C22H20N2O2S2. The Bertz CT molecular complexity index is 1060. The number of para-hydroxylation sites is 2. The highest BCUT2D eigenvalue weighted by Crippen LogP contribution is 2.34. The van der Waals surface area contributed by atoms with Gasteiger partial charge in [0.15, 0.2) is 0 Å². The number of hydrogen-bond donors (Lipinski definition) is 0. The van der Waals surface area contributed by atoms with E-state index in [-0.39, 0.29) is 5.91 Å². The van der Waals surface area contributed by atoms with Gasteiger partial charge in [-0.3, -0.25) is 9.69 Å². The van der Waals surface area contributed by atoms with Crippen molar-refractivity contribution in [1.82, 2.24) is 9.47 Å². The first-order valence-corrected chi connectivity index (χ1v) is 10.4. The summed E-state index contributed by atoms with van der Waals surface area (Å²) in [6.45, 7) is 3.83. The van der Waals surface area contributed by atoms with E-state index in [2.05, 4.69) is 22.9 Å². The van der Waals surface area contributed by atoms with E-state index in [1.165, 1.54) is 11.8 Å². The van der Waals surface area contributed by atoms with Gasteiger partial charge in [-0.2, -0.15) is 0 Å². The number of amides is 1. The van der Waals surface area contributed by atoms with Crippen LogP contribution in [0.15, 0.2) is 65.7 Å². The van der Waals surface area contributed by atoms with Crippen molar-refractivity contribution in [3.63, 3.8) is 0 Å². The summed E-state index contributed by atoms with van der Waals surface area (Å²) in [5.41, 5.74) is 2.14. The second kappa shape index (κ2) is 8.20. The Morgan fingerprint density at radius 1 is 1.11 bits per heavy atom. The molecule has 0 atom stereocenters. The third kappa shape index (κ3) is 3.70. The molecule has 0 unspecified atom stereocenters. The normalized spacial score (nSPS) is 15.8. The third-order valence-electron chi connectivity index (χ3n) is 4.64. The van der Waals surface area contributed by atoms with E-state index < -0.39 is 0 Å². The molecule has 1 amide bonds. The molecule has 0 bridgehead atoms. The van der Waals surface area contributed by atoms with E-state index in [4.69, 9.17) is 17.0 Å². The van der Waals surface area contributed by atoms with Crippen LogP contribution >= 0.6 is 24.0 Å². The number of fused-ring (bicyclic) bond motifs is 1. The van der Waals surface area contributed by atoms with E-state index in [0.717, 1.165) is 28.8 Å². The molecule has 6 heteroatoms. The molecule has 0 spiro atoms. The largest absolute Gasteiger partial charge is 0.492 e. The number of nitrogens with zero attached hydrogens (tertiary/aromatic N) is 2. The number of carbonyl (C=O) groups excluding carboxylic acids is 1. The molecule has 2 aromatic carbocycles. The maximum Gasteiger partial charge on any atom is 0.266 e. The summed E-state index contributed by atoms with van der Waals surface area (Å²) in [6, 6.07) is 18.0. The van der Waals surface area contributed by atoms with Gasteiger partial charge in [-0.15, -0.1) is 0 Å². The number of likely N-dealkylation sites (N-methyl/N-ethyl adjacent to an activating group) is 1. The SMILES string of the molecule is CCN1C(=O)/C(=C/c2cn(CCOc3ccccc3)c3ccccc23)SC1=S. The Kier molecular flexibility index (Phi) is 5.50. The van der Waals surface area contributed by atoms with E-state index in [9.17, 15) is 4.79 Å². The number of carbonyl (C=O) groups is 1. The molecule has 3 aromatic rings. The van der Waals surface area contributed by atoms with Crippen LogP contribution in [0.1, 0.15) is 12.5 Å². The van der Waals surface area contributed by atoms with E-state index in [1.807, 2.05) is 55.5 Å². The molecule has 0 radical (unpaired) electrons. The van der Waals surface area contributed by atoms with Gasteiger partial charge in [-0.05, 0) is 31.2 Å². The summed E-state index contributed by atoms with van der Waals surface area (Å²) in [5, 5.41) is 1.11. The summed E-state index contributed by atoms with van der Waals surface area (Å²) in [6.07, 6.45) is 4.03. The Labute approximate surface area is 173 Å². The van der Waals surface area contributed by atoms with Gasteiger partial charge >= 0.3 is 0 Å². The highest BCUT2D eigenvalue weighted by molar-refractivity contribution is 8.26. The molecule has 142 valence electrons. The van der Waals surface area contributed by atoms with Crippen LogP contribution in [0.5, 0.6) is 5.75 Å². The maximum absolute atomic E-state index is 12.5. The second-order valence-corrected chi connectivity index (χ2v) is 8.06. The fourth-order valence-corrected chi connectivity index (χ4v) is 4.64. The predicted octanol–water partition coefficient (Wildman–Crippen LogP) is 4.94. The lowest BCUT2D eigenvalue weighted by Crippen LogP contribution is -2.27. The van der Waals surface area contributed by atoms with Crippen LogP contribution in [0.3, 0.4) is 0 Å². The first kappa shape index (κ1) is 18.8. The van der Waals surface area contributed by atoms with Crippen LogP contribution in [0.4, 0.5) is 0 Å². The number of benzene rings is 2. The average Bonchev–Trinajstić information content (AvgIpc) is 3.20. The van der Waals surface area contributed by atoms with Gasteiger partial charge in [-0.1, -0.05) is 60.4 Å². The van der Waals surface area contributed by atoms with Gasteiger partial charge in [0.05, 0.1) is 11.4 Å². The fourth-order valence-electron chi connectivity index (χ4n) is 3.27. The number of thiocarbonyl (C=S) groups is 1. The zero-order chi connectivity index (χ0) is 19.5. The van der Waals surface area contributed by atoms with Gasteiger partial charge < -0.3 is 9.30 Å². The minimum atomic E-state index is -0.0123. The van der Waals surface area contributed by atoms with Crippen LogP contribution in [0.2, 0.25) is 0 Å². The summed E-state index contributed by atoms with van der Waals surface area (Å²) < 4.78 is 8.64. The van der Waals surface area contributed by atoms with Crippen LogP contribution in [-0.4, -0.2) is 32.8 Å². The summed E-state index contributed by atoms with van der Waals surface area (Å²) in [4.78, 5) is 14.9. The molecular weight excluding hydrogens is 388 g/mol. The number of thioether (sulfide) groups is 1. The molecule has 0 aliphatic carbocycles. The van der Waals surface area contributed by atoms with Gasteiger partial charge in [-0.25, -0.2) is 0 Å². The molecule has 1 saturated heterocycles. The quantitative estimate of drug-likeness (QED) is 0.427.